The molecule has 1 amide bonds. The third-order valence-electron chi connectivity index (χ3n) is 2.50. The first kappa shape index (κ1) is 15.3. The Labute approximate surface area is 115 Å². The Kier molecular flexibility index (Phi) is 5.61. The standard InChI is InChI=1S/C16H23NO2/c1-5-13-9-6-7-10-14(13)11-8-12-17-15(18)19-16(2,3)4/h6-11H,5,12H2,1-4H3,(H,17,18). The van der Waals surface area contributed by atoms with E-state index in [1.54, 1.807) is 0 Å². The molecule has 0 aromatic heterocycles. The van der Waals surface area contributed by atoms with Crippen molar-refractivity contribution in [1.82, 2.24) is 5.32 Å². The van der Waals surface area contributed by atoms with E-state index in [1.165, 1.54) is 11.1 Å². The van der Waals surface area contributed by atoms with Crippen LogP contribution in [0, 0.1) is 0 Å². The SMILES string of the molecule is CCc1ccccc1C=CCNC(=O)OC(C)(C)C. The van der Waals surface area contributed by atoms with Crippen molar-refractivity contribution in [3.05, 3.63) is 41.5 Å². The van der Waals surface area contributed by atoms with Gasteiger partial charge in [-0.15, -0.1) is 0 Å². The lowest BCUT2D eigenvalue weighted by Crippen LogP contribution is -2.32. The molecule has 0 unspecified atom stereocenters. The monoisotopic (exact) mass is 261 g/mol. The molecule has 0 spiro atoms. The van der Waals surface area contributed by atoms with Gasteiger partial charge >= 0.3 is 6.09 Å². The van der Waals surface area contributed by atoms with Crippen molar-refractivity contribution in [2.24, 2.45) is 0 Å². The molecule has 1 N–H and O–H groups in total. The van der Waals surface area contributed by atoms with Crippen LogP contribution in [0.5, 0.6) is 0 Å². The topological polar surface area (TPSA) is 38.3 Å². The minimum absolute atomic E-state index is 0.388. The number of ether oxygens (including phenoxy) is 1. The van der Waals surface area contributed by atoms with Gasteiger partial charge in [0.05, 0.1) is 0 Å². The van der Waals surface area contributed by atoms with Gasteiger partial charge in [0.25, 0.3) is 0 Å². The molecular weight excluding hydrogens is 238 g/mol. The van der Waals surface area contributed by atoms with Gasteiger partial charge in [-0.25, -0.2) is 4.79 Å². The maximum absolute atomic E-state index is 11.4. The normalized spacial score (nSPS) is 11.6. The van der Waals surface area contributed by atoms with Gasteiger partial charge in [0.1, 0.15) is 5.60 Å². The second kappa shape index (κ2) is 6.98. The van der Waals surface area contributed by atoms with Crippen LogP contribution in [-0.2, 0) is 11.2 Å². The lowest BCUT2D eigenvalue weighted by atomic mass is 10.1. The van der Waals surface area contributed by atoms with Crippen LogP contribution in [0.4, 0.5) is 4.79 Å². The van der Waals surface area contributed by atoms with Gasteiger partial charge in [0.15, 0.2) is 0 Å². The van der Waals surface area contributed by atoms with Crippen molar-refractivity contribution in [3.63, 3.8) is 0 Å². The number of rotatable bonds is 4. The highest BCUT2D eigenvalue weighted by Crippen LogP contribution is 2.11. The highest BCUT2D eigenvalue weighted by atomic mass is 16.6. The summed E-state index contributed by atoms with van der Waals surface area (Å²) in [5.74, 6) is 0. The molecule has 1 aromatic rings. The van der Waals surface area contributed by atoms with Crippen molar-refractivity contribution in [3.8, 4) is 0 Å². The Hall–Kier alpha value is -1.77. The molecule has 0 heterocycles. The fraction of sp³-hybridized carbons (Fsp3) is 0.438. The average molecular weight is 261 g/mol. The number of benzene rings is 1. The Balaban J connectivity index is 2.44. The fourth-order valence-electron chi connectivity index (χ4n) is 1.66. The van der Waals surface area contributed by atoms with E-state index in [-0.39, 0.29) is 6.09 Å². The third kappa shape index (κ3) is 6.09. The summed E-state index contributed by atoms with van der Waals surface area (Å²) in [5.41, 5.74) is 2.04. The van der Waals surface area contributed by atoms with Gasteiger partial charge in [-0.2, -0.15) is 0 Å². The number of carbonyl (C=O) groups excluding carboxylic acids is 1. The number of hydrogen-bond acceptors (Lipinski definition) is 2. The van der Waals surface area contributed by atoms with Crippen molar-refractivity contribution < 1.29 is 9.53 Å². The molecule has 0 saturated carbocycles. The van der Waals surface area contributed by atoms with Gasteiger partial charge in [0, 0.05) is 6.54 Å². The molecule has 104 valence electrons. The van der Waals surface area contributed by atoms with Gasteiger partial charge in [0.2, 0.25) is 0 Å². The number of amides is 1. The molecule has 0 atom stereocenters. The largest absolute Gasteiger partial charge is 0.444 e. The van der Waals surface area contributed by atoms with Gasteiger partial charge < -0.3 is 10.1 Å². The van der Waals surface area contributed by atoms with Crippen LogP contribution >= 0.6 is 0 Å². The highest BCUT2D eigenvalue weighted by molar-refractivity contribution is 5.68. The van der Waals surface area contributed by atoms with Crippen LogP contribution in [0.2, 0.25) is 0 Å². The zero-order valence-corrected chi connectivity index (χ0v) is 12.2. The van der Waals surface area contributed by atoms with Gasteiger partial charge in [-0.3, -0.25) is 0 Å². The minimum atomic E-state index is -0.456. The summed E-state index contributed by atoms with van der Waals surface area (Å²) in [7, 11) is 0. The van der Waals surface area contributed by atoms with E-state index in [0.717, 1.165) is 6.42 Å². The van der Waals surface area contributed by atoms with Crippen LogP contribution < -0.4 is 5.32 Å². The highest BCUT2D eigenvalue weighted by Gasteiger charge is 2.14. The van der Waals surface area contributed by atoms with E-state index < -0.39 is 5.60 Å². The van der Waals surface area contributed by atoms with Gasteiger partial charge in [-0.1, -0.05) is 43.3 Å². The van der Waals surface area contributed by atoms with Crippen LogP contribution in [-0.4, -0.2) is 18.2 Å². The molecule has 1 aromatic carbocycles. The maximum Gasteiger partial charge on any atom is 0.407 e. The molecule has 0 saturated heterocycles. The van der Waals surface area contributed by atoms with Crippen molar-refractivity contribution in [1.29, 1.82) is 0 Å². The smallest absolute Gasteiger partial charge is 0.407 e. The fourth-order valence-corrected chi connectivity index (χ4v) is 1.66. The zero-order valence-electron chi connectivity index (χ0n) is 12.2. The van der Waals surface area contributed by atoms with Crippen LogP contribution in [0.15, 0.2) is 30.3 Å². The number of hydrogen-bond donors (Lipinski definition) is 1. The Morgan fingerprint density at radius 1 is 1.32 bits per heavy atom. The van der Waals surface area contributed by atoms with Crippen molar-refractivity contribution in [2.75, 3.05) is 6.54 Å². The molecule has 0 aliphatic heterocycles. The van der Waals surface area contributed by atoms with Gasteiger partial charge in [-0.05, 0) is 38.3 Å². The zero-order chi connectivity index (χ0) is 14.3. The Morgan fingerprint density at radius 2 is 2.00 bits per heavy atom. The number of alkyl carbamates (subject to hydrolysis) is 1. The van der Waals surface area contributed by atoms with E-state index in [0.29, 0.717) is 6.54 Å². The molecule has 0 radical (unpaired) electrons. The lowest BCUT2D eigenvalue weighted by molar-refractivity contribution is 0.0534. The average Bonchev–Trinajstić information content (AvgIpc) is 2.33. The quantitative estimate of drug-likeness (QED) is 0.895. The molecule has 0 fully saturated rings. The first-order valence-corrected chi connectivity index (χ1v) is 6.63. The summed E-state index contributed by atoms with van der Waals surface area (Å²) in [6.07, 6.45) is 4.56. The summed E-state index contributed by atoms with van der Waals surface area (Å²) in [6, 6.07) is 8.24. The second-order valence-corrected chi connectivity index (χ2v) is 5.34. The molecule has 3 heteroatoms. The molecule has 3 nitrogen and oxygen atoms in total. The van der Waals surface area contributed by atoms with Crippen LogP contribution in [0.25, 0.3) is 6.08 Å². The van der Waals surface area contributed by atoms with E-state index in [9.17, 15) is 4.79 Å². The Bertz CT molecular complexity index is 444. The van der Waals surface area contributed by atoms with Crippen LogP contribution in [0.1, 0.15) is 38.8 Å². The van der Waals surface area contributed by atoms with E-state index >= 15 is 0 Å². The maximum atomic E-state index is 11.4. The predicted octanol–water partition coefficient (Wildman–Crippen LogP) is 3.79. The van der Waals surface area contributed by atoms with Crippen molar-refractivity contribution in [2.45, 2.75) is 39.7 Å². The minimum Gasteiger partial charge on any atom is -0.444 e. The summed E-state index contributed by atoms with van der Waals surface area (Å²) < 4.78 is 5.15. The lowest BCUT2D eigenvalue weighted by Gasteiger charge is -2.19. The number of nitrogens with one attached hydrogen (secondary N) is 1. The van der Waals surface area contributed by atoms with E-state index in [2.05, 4.69) is 24.4 Å². The van der Waals surface area contributed by atoms with E-state index in [1.807, 2.05) is 45.1 Å². The summed E-state index contributed by atoms with van der Waals surface area (Å²) in [6.45, 7) is 8.14. The van der Waals surface area contributed by atoms with Crippen LogP contribution in [0.3, 0.4) is 0 Å². The molecule has 19 heavy (non-hydrogen) atoms. The predicted molar refractivity (Wildman–Crippen MR) is 79.1 cm³/mol. The second-order valence-electron chi connectivity index (χ2n) is 5.34. The first-order chi connectivity index (χ1) is 8.92. The number of carbonyl (C=O) groups is 1. The van der Waals surface area contributed by atoms with Crippen molar-refractivity contribution >= 4 is 12.2 Å². The summed E-state index contributed by atoms with van der Waals surface area (Å²) in [5, 5.41) is 2.70. The molecule has 1 rings (SSSR count). The summed E-state index contributed by atoms with van der Waals surface area (Å²) in [4.78, 5) is 11.4. The Morgan fingerprint density at radius 3 is 2.63 bits per heavy atom. The van der Waals surface area contributed by atoms with E-state index in [4.69, 9.17) is 4.74 Å². The first-order valence-electron chi connectivity index (χ1n) is 6.63. The number of aryl methyl sites for hydroxylation is 1. The molecule has 0 bridgehead atoms. The molecule has 0 aliphatic rings. The molecule has 0 aliphatic carbocycles. The summed E-state index contributed by atoms with van der Waals surface area (Å²) >= 11 is 0. The molecular formula is C16H23NO2. The third-order valence-corrected chi connectivity index (χ3v) is 2.50.